The van der Waals surface area contributed by atoms with Gasteiger partial charge < -0.3 is 4.98 Å². The van der Waals surface area contributed by atoms with Crippen molar-refractivity contribution in [2.24, 2.45) is 10.1 Å². The summed E-state index contributed by atoms with van der Waals surface area (Å²) >= 11 is 1.46. The van der Waals surface area contributed by atoms with Gasteiger partial charge in [-0.15, -0.1) is 11.3 Å². The lowest BCUT2D eigenvalue weighted by Crippen LogP contribution is -2.13. The van der Waals surface area contributed by atoms with Crippen molar-refractivity contribution in [1.29, 1.82) is 0 Å². The predicted octanol–water partition coefficient (Wildman–Crippen LogP) is 4.71. The van der Waals surface area contributed by atoms with E-state index in [1.54, 1.807) is 23.0 Å². The van der Waals surface area contributed by atoms with E-state index in [-0.39, 0.29) is 5.82 Å². The van der Waals surface area contributed by atoms with Crippen LogP contribution in [-0.4, -0.2) is 22.4 Å². The first-order chi connectivity index (χ1) is 13.8. The molecule has 0 saturated carbocycles. The summed E-state index contributed by atoms with van der Waals surface area (Å²) in [6, 6.07) is 20.8. The smallest absolute Gasteiger partial charge is 0.206 e. The molecule has 0 aliphatic carbocycles. The van der Waals surface area contributed by atoms with Crippen LogP contribution in [0.5, 0.6) is 0 Å². The van der Waals surface area contributed by atoms with Crippen LogP contribution in [0.25, 0.3) is 11.3 Å². The van der Waals surface area contributed by atoms with Gasteiger partial charge in [0.25, 0.3) is 0 Å². The van der Waals surface area contributed by atoms with Gasteiger partial charge in [0.2, 0.25) is 4.80 Å². The number of hydrogen-bond acceptors (Lipinski definition) is 3. The van der Waals surface area contributed by atoms with E-state index < -0.39 is 0 Å². The van der Waals surface area contributed by atoms with Crippen LogP contribution in [0.3, 0.4) is 0 Å². The fraction of sp³-hybridized carbons (Fsp3) is 0.0909. The summed E-state index contributed by atoms with van der Waals surface area (Å²) in [5.41, 5.74) is 3.29. The maximum absolute atomic E-state index is 14.4. The summed E-state index contributed by atoms with van der Waals surface area (Å²) in [6.07, 6.45) is 4.39. The Balaban J connectivity index is 1.69. The Morgan fingerprint density at radius 2 is 1.82 bits per heavy atom. The highest BCUT2D eigenvalue weighted by molar-refractivity contribution is 7.07. The summed E-state index contributed by atoms with van der Waals surface area (Å²) in [6.45, 7) is 0.638. The zero-order valence-electron chi connectivity index (χ0n) is 15.1. The van der Waals surface area contributed by atoms with E-state index in [1.807, 2.05) is 48.0 Å². The number of nitrogens with one attached hydrogen (secondary N) is 1. The molecule has 28 heavy (non-hydrogen) atoms. The Hall–Kier alpha value is -3.25. The Kier molecular flexibility index (Phi) is 5.58. The summed E-state index contributed by atoms with van der Waals surface area (Å²) in [5.74, 6) is -0.278. The molecule has 1 N–H and O–H groups in total. The summed E-state index contributed by atoms with van der Waals surface area (Å²) in [7, 11) is 0. The van der Waals surface area contributed by atoms with Crippen molar-refractivity contribution < 1.29 is 4.39 Å². The molecule has 140 valence electrons. The second-order valence-corrected chi connectivity index (χ2v) is 7.02. The molecule has 0 amide bonds. The summed E-state index contributed by atoms with van der Waals surface area (Å²) < 4.78 is 16.1. The van der Waals surface area contributed by atoms with Gasteiger partial charge in [-0.3, -0.25) is 4.99 Å². The number of halogens is 1. The lowest BCUT2D eigenvalue weighted by Gasteiger charge is -2.04. The highest BCUT2D eigenvalue weighted by Gasteiger charge is 2.11. The van der Waals surface area contributed by atoms with Gasteiger partial charge in [0.05, 0.1) is 17.6 Å². The van der Waals surface area contributed by atoms with Crippen molar-refractivity contribution in [2.75, 3.05) is 6.54 Å². The average Bonchev–Trinajstić information content (AvgIpc) is 3.38. The highest BCUT2D eigenvalue weighted by atomic mass is 32.1. The second kappa shape index (κ2) is 8.63. The summed E-state index contributed by atoms with van der Waals surface area (Å²) in [4.78, 5) is 8.54. The highest BCUT2D eigenvalue weighted by Crippen LogP contribution is 2.23. The molecule has 0 spiro atoms. The first kappa shape index (κ1) is 18.1. The number of benzene rings is 2. The number of nitrogens with zero attached hydrogens (tertiary/aromatic N) is 3. The van der Waals surface area contributed by atoms with Crippen LogP contribution in [-0.2, 0) is 6.42 Å². The molecule has 2 aromatic heterocycles. The van der Waals surface area contributed by atoms with Gasteiger partial charge in [-0.05, 0) is 36.2 Å². The standard InChI is InChI=1S/C22H19FN4S/c23-20-11-5-4-10-19(20)21-16-28-22(25-14-12-17-7-2-1-3-8-17)27(21)26-15-18-9-6-13-24-18/h1-11,13,15-16,24H,12,14H2. The Labute approximate surface area is 166 Å². The van der Waals surface area contributed by atoms with Crippen molar-refractivity contribution in [1.82, 2.24) is 9.66 Å². The van der Waals surface area contributed by atoms with Crippen molar-refractivity contribution in [3.63, 3.8) is 0 Å². The molecule has 0 aliphatic heterocycles. The molecule has 0 bridgehead atoms. The van der Waals surface area contributed by atoms with E-state index in [0.717, 1.165) is 16.9 Å². The van der Waals surface area contributed by atoms with E-state index in [4.69, 9.17) is 4.99 Å². The quantitative estimate of drug-likeness (QED) is 0.464. The third kappa shape index (κ3) is 4.18. The predicted molar refractivity (Wildman–Crippen MR) is 112 cm³/mol. The topological polar surface area (TPSA) is 45.4 Å². The van der Waals surface area contributed by atoms with E-state index >= 15 is 0 Å². The molecule has 2 heterocycles. The van der Waals surface area contributed by atoms with Crippen LogP contribution in [0.15, 0.2) is 88.4 Å². The van der Waals surface area contributed by atoms with Crippen LogP contribution in [0.1, 0.15) is 11.3 Å². The number of aromatic amines is 1. The zero-order chi connectivity index (χ0) is 19.2. The van der Waals surface area contributed by atoms with E-state index in [0.29, 0.717) is 17.8 Å². The first-order valence-electron chi connectivity index (χ1n) is 8.99. The lowest BCUT2D eigenvalue weighted by molar-refractivity contribution is 0.629. The van der Waals surface area contributed by atoms with Gasteiger partial charge in [-0.1, -0.05) is 42.5 Å². The normalized spacial score (nSPS) is 12.1. The number of thiazole rings is 1. The SMILES string of the molecule is Fc1ccccc1-c1csc(=NCCc2ccccc2)n1N=Cc1ccc[nH]1. The zero-order valence-corrected chi connectivity index (χ0v) is 15.9. The van der Waals surface area contributed by atoms with Gasteiger partial charge in [0, 0.05) is 23.7 Å². The summed E-state index contributed by atoms with van der Waals surface area (Å²) in [5, 5.41) is 6.46. The maximum Gasteiger partial charge on any atom is 0.206 e. The van der Waals surface area contributed by atoms with Gasteiger partial charge in [-0.25, -0.2) is 9.07 Å². The number of hydrogen-bond donors (Lipinski definition) is 1. The molecule has 6 heteroatoms. The van der Waals surface area contributed by atoms with Gasteiger partial charge >= 0.3 is 0 Å². The molecule has 0 radical (unpaired) electrons. The minimum Gasteiger partial charge on any atom is -0.360 e. The van der Waals surface area contributed by atoms with Crippen LogP contribution < -0.4 is 4.80 Å². The number of H-pyrrole nitrogens is 1. The minimum absolute atomic E-state index is 0.278. The molecule has 0 atom stereocenters. The third-order valence-corrected chi connectivity index (χ3v) is 5.11. The molecule has 4 nitrogen and oxygen atoms in total. The number of aromatic nitrogens is 2. The molecular weight excluding hydrogens is 371 g/mol. The molecule has 0 saturated heterocycles. The Morgan fingerprint density at radius 3 is 2.61 bits per heavy atom. The Bertz CT molecular complexity index is 1120. The molecule has 0 aliphatic rings. The molecule has 0 unspecified atom stereocenters. The average molecular weight is 390 g/mol. The third-order valence-electron chi connectivity index (χ3n) is 4.26. The Morgan fingerprint density at radius 1 is 1.00 bits per heavy atom. The van der Waals surface area contributed by atoms with Crippen LogP contribution in [0.4, 0.5) is 4.39 Å². The molecule has 4 aromatic rings. The first-order valence-corrected chi connectivity index (χ1v) is 9.87. The van der Waals surface area contributed by atoms with E-state index in [9.17, 15) is 4.39 Å². The fourth-order valence-electron chi connectivity index (χ4n) is 2.84. The van der Waals surface area contributed by atoms with Crippen molar-refractivity contribution >= 4 is 17.6 Å². The maximum atomic E-state index is 14.4. The van der Waals surface area contributed by atoms with Crippen molar-refractivity contribution in [3.05, 3.63) is 100 Å². The van der Waals surface area contributed by atoms with Gasteiger partial charge in [0.1, 0.15) is 5.82 Å². The van der Waals surface area contributed by atoms with E-state index in [2.05, 4.69) is 22.2 Å². The number of rotatable bonds is 6. The van der Waals surface area contributed by atoms with Crippen molar-refractivity contribution in [3.8, 4) is 11.3 Å². The van der Waals surface area contributed by atoms with Gasteiger partial charge in [0.15, 0.2) is 0 Å². The van der Waals surface area contributed by atoms with Crippen LogP contribution >= 0.6 is 11.3 Å². The van der Waals surface area contributed by atoms with Crippen molar-refractivity contribution in [2.45, 2.75) is 6.42 Å². The van der Waals surface area contributed by atoms with E-state index in [1.165, 1.54) is 23.0 Å². The molecule has 0 fully saturated rings. The minimum atomic E-state index is -0.278. The molecule has 2 aromatic carbocycles. The largest absolute Gasteiger partial charge is 0.360 e. The molecule has 4 rings (SSSR count). The second-order valence-electron chi connectivity index (χ2n) is 6.18. The van der Waals surface area contributed by atoms with Gasteiger partial charge in [-0.2, -0.15) is 5.10 Å². The molecular formula is C22H19FN4S. The fourth-order valence-corrected chi connectivity index (χ4v) is 3.70. The van der Waals surface area contributed by atoms with Crippen LogP contribution in [0.2, 0.25) is 0 Å². The van der Waals surface area contributed by atoms with Crippen LogP contribution in [0, 0.1) is 5.82 Å². The monoisotopic (exact) mass is 390 g/mol. The lowest BCUT2D eigenvalue weighted by atomic mass is 10.1.